The minimum absolute atomic E-state index is 0.0120. The van der Waals surface area contributed by atoms with Crippen molar-refractivity contribution in [1.29, 1.82) is 0 Å². The third kappa shape index (κ3) is 3.88. The summed E-state index contributed by atoms with van der Waals surface area (Å²) in [4.78, 5) is 24.6. The van der Waals surface area contributed by atoms with Gasteiger partial charge in [0.2, 0.25) is 0 Å². The molecule has 1 N–H and O–H groups in total. The topological polar surface area (TPSA) is 66.8 Å². The third-order valence-electron chi connectivity index (χ3n) is 3.68. The zero-order chi connectivity index (χ0) is 15.4. The Morgan fingerprint density at radius 3 is 2.95 bits per heavy atom. The highest BCUT2D eigenvalue weighted by Gasteiger charge is 2.30. The fourth-order valence-electron chi connectivity index (χ4n) is 2.54. The van der Waals surface area contributed by atoms with Crippen molar-refractivity contribution < 1.29 is 19.4 Å². The molecule has 1 unspecified atom stereocenters. The van der Waals surface area contributed by atoms with E-state index in [9.17, 15) is 9.59 Å². The number of hydrogen-bond donors (Lipinski definition) is 1. The van der Waals surface area contributed by atoms with Gasteiger partial charge in [0.1, 0.15) is 5.75 Å². The largest absolute Gasteiger partial charge is 0.483 e. The van der Waals surface area contributed by atoms with E-state index in [1.165, 1.54) is 0 Å². The molecule has 1 saturated heterocycles. The van der Waals surface area contributed by atoms with E-state index in [4.69, 9.17) is 21.4 Å². The van der Waals surface area contributed by atoms with Gasteiger partial charge in [-0.15, -0.1) is 0 Å². The molecule has 1 aliphatic heterocycles. The van der Waals surface area contributed by atoms with Crippen LogP contribution in [0, 0.1) is 6.92 Å². The van der Waals surface area contributed by atoms with E-state index < -0.39 is 5.97 Å². The molecule has 1 fully saturated rings. The summed E-state index contributed by atoms with van der Waals surface area (Å²) in [5.74, 6) is -0.491. The summed E-state index contributed by atoms with van der Waals surface area (Å²) in [5, 5.41) is 9.45. The lowest BCUT2D eigenvalue weighted by Crippen LogP contribution is -2.39. The van der Waals surface area contributed by atoms with Crippen molar-refractivity contribution in [3.05, 3.63) is 28.8 Å². The highest BCUT2D eigenvalue weighted by atomic mass is 35.5. The second-order valence-electron chi connectivity index (χ2n) is 5.13. The number of hydrogen-bond acceptors (Lipinski definition) is 3. The average molecular weight is 312 g/mol. The number of rotatable bonds is 5. The summed E-state index contributed by atoms with van der Waals surface area (Å²) in [7, 11) is 0. The Hall–Kier alpha value is -1.75. The molecule has 114 valence electrons. The monoisotopic (exact) mass is 311 g/mol. The van der Waals surface area contributed by atoms with Gasteiger partial charge in [-0.25, -0.2) is 0 Å². The summed E-state index contributed by atoms with van der Waals surface area (Å²) in [6, 6.07) is 5.06. The molecule has 6 heteroatoms. The number of amides is 1. The van der Waals surface area contributed by atoms with Crippen molar-refractivity contribution in [1.82, 2.24) is 4.90 Å². The van der Waals surface area contributed by atoms with Gasteiger partial charge in [-0.3, -0.25) is 9.59 Å². The van der Waals surface area contributed by atoms with Gasteiger partial charge >= 0.3 is 5.97 Å². The van der Waals surface area contributed by atoms with Crippen LogP contribution in [0.4, 0.5) is 0 Å². The number of ether oxygens (including phenoxy) is 1. The number of benzene rings is 1. The molecule has 2 rings (SSSR count). The van der Waals surface area contributed by atoms with Crippen molar-refractivity contribution in [2.75, 3.05) is 13.2 Å². The first-order valence-electron chi connectivity index (χ1n) is 6.88. The van der Waals surface area contributed by atoms with Crippen LogP contribution in [0.15, 0.2) is 18.2 Å². The second-order valence-corrected chi connectivity index (χ2v) is 5.54. The molecule has 0 spiro atoms. The lowest BCUT2D eigenvalue weighted by Gasteiger charge is -2.23. The zero-order valence-corrected chi connectivity index (χ0v) is 12.6. The van der Waals surface area contributed by atoms with Crippen LogP contribution in [0.3, 0.4) is 0 Å². The number of aliphatic carboxylic acids is 1. The maximum absolute atomic E-state index is 12.2. The van der Waals surface area contributed by atoms with Crippen LogP contribution in [0.1, 0.15) is 24.8 Å². The van der Waals surface area contributed by atoms with Crippen molar-refractivity contribution >= 4 is 23.5 Å². The summed E-state index contributed by atoms with van der Waals surface area (Å²) in [5.41, 5.74) is 0.787. The maximum atomic E-state index is 12.2. The molecule has 1 aromatic rings. The van der Waals surface area contributed by atoms with Gasteiger partial charge < -0.3 is 14.7 Å². The van der Waals surface area contributed by atoms with Gasteiger partial charge in [-0.2, -0.15) is 0 Å². The Labute approximate surface area is 128 Å². The molecule has 21 heavy (non-hydrogen) atoms. The van der Waals surface area contributed by atoms with Gasteiger partial charge in [0.15, 0.2) is 6.61 Å². The minimum Gasteiger partial charge on any atom is -0.483 e. The third-order valence-corrected chi connectivity index (χ3v) is 4.09. The zero-order valence-electron chi connectivity index (χ0n) is 11.8. The number of likely N-dealkylation sites (tertiary alicyclic amines) is 1. The second kappa shape index (κ2) is 6.80. The number of halogens is 1. The normalized spacial score (nSPS) is 17.8. The summed E-state index contributed by atoms with van der Waals surface area (Å²) in [6.45, 7) is 2.32. The quantitative estimate of drug-likeness (QED) is 0.907. The van der Waals surface area contributed by atoms with Gasteiger partial charge in [-0.05, 0) is 31.9 Å². The van der Waals surface area contributed by atoms with E-state index in [2.05, 4.69) is 0 Å². The first kappa shape index (κ1) is 15.6. The average Bonchev–Trinajstić information content (AvgIpc) is 2.87. The van der Waals surface area contributed by atoms with Gasteiger partial charge in [0.05, 0.1) is 6.42 Å². The number of carboxylic acid groups (broad SMARTS) is 1. The van der Waals surface area contributed by atoms with E-state index in [-0.39, 0.29) is 25.0 Å². The Kier molecular flexibility index (Phi) is 5.07. The molecule has 1 aliphatic rings. The van der Waals surface area contributed by atoms with Crippen LogP contribution >= 0.6 is 11.6 Å². The highest BCUT2D eigenvalue weighted by Crippen LogP contribution is 2.25. The standard InChI is InChI=1S/C15H18ClNO4/c1-10-12(16)5-2-6-13(10)21-9-14(18)17-7-3-4-11(17)8-15(19)20/h2,5-6,11H,3-4,7-9H2,1H3,(H,19,20). The van der Waals surface area contributed by atoms with E-state index in [1.54, 1.807) is 23.1 Å². The molecule has 0 aliphatic carbocycles. The van der Waals surface area contributed by atoms with E-state index in [1.807, 2.05) is 6.92 Å². The smallest absolute Gasteiger partial charge is 0.305 e. The first-order valence-corrected chi connectivity index (χ1v) is 7.26. The Morgan fingerprint density at radius 2 is 2.24 bits per heavy atom. The number of carboxylic acids is 1. The number of carbonyl (C=O) groups is 2. The van der Waals surface area contributed by atoms with Gasteiger partial charge in [0.25, 0.3) is 5.91 Å². The van der Waals surface area contributed by atoms with Crippen LogP contribution in [0.2, 0.25) is 5.02 Å². The maximum Gasteiger partial charge on any atom is 0.305 e. The number of nitrogens with zero attached hydrogens (tertiary/aromatic N) is 1. The van der Waals surface area contributed by atoms with Gasteiger partial charge in [0, 0.05) is 23.2 Å². The number of carbonyl (C=O) groups excluding carboxylic acids is 1. The summed E-state index contributed by atoms with van der Waals surface area (Å²) >= 11 is 6.00. The minimum atomic E-state index is -0.883. The molecule has 0 bridgehead atoms. The molecule has 1 atom stereocenters. The molecule has 0 aromatic heterocycles. The first-order chi connectivity index (χ1) is 9.99. The van der Waals surface area contributed by atoms with Crippen molar-refractivity contribution in [2.24, 2.45) is 0 Å². The Balaban J connectivity index is 1.95. The highest BCUT2D eigenvalue weighted by molar-refractivity contribution is 6.31. The molecule has 1 amide bonds. The molecule has 0 radical (unpaired) electrons. The van der Waals surface area contributed by atoms with Crippen molar-refractivity contribution in [2.45, 2.75) is 32.2 Å². The summed E-state index contributed by atoms with van der Waals surface area (Å²) < 4.78 is 5.52. The lowest BCUT2D eigenvalue weighted by atomic mass is 10.1. The fraction of sp³-hybridized carbons (Fsp3) is 0.467. The van der Waals surface area contributed by atoms with Crippen LogP contribution in [0.25, 0.3) is 0 Å². The Morgan fingerprint density at radius 1 is 1.48 bits per heavy atom. The van der Waals surface area contributed by atoms with Crippen LogP contribution in [-0.2, 0) is 9.59 Å². The lowest BCUT2D eigenvalue weighted by molar-refractivity contribution is -0.140. The molecule has 0 saturated carbocycles. The SMILES string of the molecule is Cc1c(Cl)cccc1OCC(=O)N1CCCC1CC(=O)O. The predicted octanol–water partition coefficient (Wildman–Crippen LogP) is 2.49. The van der Waals surface area contributed by atoms with E-state index >= 15 is 0 Å². The van der Waals surface area contributed by atoms with Gasteiger partial charge in [-0.1, -0.05) is 17.7 Å². The van der Waals surface area contributed by atoms with Crippen LogP contribution < -0.4 is 4.74 Å². The van der Waals surface area contributed by atoms with E-state index in [0.717, 1.165) is 18.4 Å². The van der Waals surface area contributed by atoms with Crippen LogP contribution in [-0.4, -0.2) is 41.1 Å². The predicted molar refractivity (Wildman–Crippen MR) is 78.7 cm³/mol. The Bertz CT molecular complexity index is 546. The molecule has 5 nitrogen and oxygen atoms in total. The summed E-state index contributed by atoms with van der Waals surface area (Å²) in [6.07, 6.45) is 1.55. The van der Waals surface area contributed by atoms with E-state index in [0.29, 0.717) is 17.3 Å². The molecule has 1 heterocycles. The molecular weight excluding hydrogens is 294 g/mol. The molecule has 1 aromatic carbocycles. The molecular formula is C15H18ClNO4. The fourth-order valence-corrected chi connectivity index (χ4v) is 2.71. The van der Waals surface area contributed by atoms with Crippen molar-refractivity contribution in [3.63, 3.8) is 0 Å². The van der Waals surface area contributed by atoms with Crippen LogP contribution in [0.5, 0.6) is 5.75 Å². The van der Waals surface area contributed by atoms with Crippen molar-refractivity contribution in [3.8, 4) is 5.75 Å².